The number of methoxy groups -OCH3 is 1. The van der Waals surface area contributed by atoms with Crippen LogP contribution >= 0.6 is 0 Å². The quantitative estimate of drug-likeness (QED) is 0.359. The molecule has 1 aromatic heterocycles. The van der Waals surface area contributed by atoms with Crippen molar-refractivity contribution in [3.63, 3.8) is 0 Å². The number of phenols is 1. The van der Waals surface area contributed by atoms with Gasteiger partial charge >= 0.3 is 6.18 Å². The van der Waals surface area contributed by atoms with Crippen LogP contribution in [0.2, 0.25) is 0 Å². The number of phenolic OH excluding ortho intramolecular Hbond substituents is 1. The number of alkyl halides is 3. The number of hydrogen-bond donors (Lipinski definition) is 1. The van der Waals surface area contributed by atoms with Crippen LogP contribution in [0.4, 0.5) is 13.2 Å². The molecule has 1 aliphatic rings. The van der Waals surface area contributed by atoms with Crippen molar-refractivity contribution in [3.8, 4) is 22.6 Å². The molecule has 9 heteroatoms. The number of nitrogens with zero attached hydrogens (tertiary/aromatic N) is 2. The molecule has 0 amide bonds. The Hall–Kier alpha value is -3.82. The zero-order valence-electron chi connectivity index (χ0n) is 20.8. The third-order valence-corrected chi connectivity index (χ3v) is 6.87. The number of halogens is 3. The molecule has 1 aliphatic heterocycles. The van der Waals surface area contributed by atoms with Crippen molar-refractivity contribution >= 4 is 11.0 Å². The molecule has 2 heterocycles. The van der Waals surface area contributed by atoms with Crippen molar-refractivity contribution in [2.45, 2.75) is 19.3 Å². The van der Waals surface area contributed by atoms with Gasteiger partial charge in [-0.25, -0.2) is 0 Å². The monoisotopic (exact) mass is 524 g/mol. The highest BCUT2D eigenvalue weighted by Gasteiger charge is 2.40. The molecule has 5 rings (SSSR count). The van der Waals surface area contributed by atoms with E-state index in [2.05, 4.69) is 17.0 Å². The standard InChI is InChI=1S/C29H27F3N2O4/c1-37-24-10-6-5-9-20(24)25-26(36)21-11-12-23(35)22(27(21)38-28(25)29(30,31)32)18-34-15-13-33(14-16-34)17-19-7-3-2-4-8-19/h2-12,35H,13-18H2,1H3. The first-order valence-electron chi connectivity index (χ1n) is 12.3. The number of fused-ring (bicyclic) bond motifs is 1. The maximum Gasteiger partial charge on any atom is 0.450 e. The molecule has 38 heavy (non-hydrogen) atoms. The summed E-state index contributed by atoms with van der Waals surface area (Å²) in [5, 5.41) is 10.6. The lowest BCUT2D eigenvalue weighted by Crippen LogP contribution is -2.45. The summed E-state index contributed by atoms with van der Waals surface area (Å²) in [6.45, 7) is 3.78. The molecule has 0 aliphatic carbocycles. The second-order valence-electron chi connectivity index (χ2n) is 9.31. The van der Waals surface area contributed by atoms with E-state index in [1.807, 2.05) is 23.1 Å². The van der Waals surface area contributed by atoms with Crippen LogP contribution in [-0.2, 0) is 19.3 Å². The first-order chi connectivity index (χ1) is 18.3. The van der Waals surface area contributed by atoms with Crippen molar-refractivity contribution < 1.29 is 27.4 Å². The molecular formula is C29H27F3N2O4. The van der Waals surface area contributed by atoms with Gasteiger partial charge < -0.3 is 14.3 Å². The van der Waals surface area contributed by atoms with Crippen LogP contribution in [0.25, 0.3) is 22.1 Å². The molecule has 3 aromatic carbocycles. The highest BCUT2D eigenvalue weighted by Crippen LogP contribution is 2.41. The SMILES string of the molecule is COc1ccccc1-c1c(C(F)(F)F)oc2c(CN3CCN(Cc4ccccc4)CC3)c(O)ccc2c1=O. The minimum atomic E-state index is -4.95. The van der Waals surface area contributed by atoms with Crippen LogP contribution in [0, 0.1) is 0 Å². The molecule has 0 bridgehead atoms. The number of hydrogen-bond acceptors (Lipinski definition) is 6. The Bertz CT molecular complexity index is 1490. The van der Waals surface area contributed by atoms with Crippen molar-refractivity contribution in [1.29, 1.82) is 0 Å². The molecule has 0 atom stereocenters. The van der Waals surface area contributed by atoms with Gasteiger partial charge in [-0.1, -0.05) is 48.5 Å². The Labute approximate surface area is 217 Å². The largest absolute Gasteiger partial charge is 0.507 e. The van der Waals surface area contributed by atoms with E-state index in [9.17, 15) is 23.1 Å². The second kappa shape index (κ2) is 10.5. The molecule has 198 valence electrons. The predicted molar refractivity (Wildman–Crippen MR) is 138 cm³/mol. The highest BCUT2D eigenvalue weighted by atomic mass is 19.4. The first-order valence-corrected chi connectivity index (χ1v) is 12.3. The van der Waals surface area contributed by atoms with Gasteiger partial charge in [0.25, 0.3) is 0 Å². The van der Waals surface area contributed by atoms with Gasteiger partial charge in [-0.05, 0) is 23.8 Å². The predicted octanol–water partition coefficient (Wildman–Crippen LogP) is 5.51. The van der Waals surface area contributed by atoms with Crippen molar-refractivity contribution in [2.75, 3.05) is 33.3 Å². The summed E-state index contributed by atoms with van der Waals surface area (Å²) in [4.78, 5) is 17.9. The molecule has 0 saturated carbocycles. The van der Waals surface area contributed by atoms with E-state index in [1.54, 1.807) is 6.07 Å². The Morgan fingerprint density at radius 3 is 2.18 bits per heavy atom. The van der Waals surface area contributed by atoms with E-state index in [0.717, 1.165) is 19.6 Å². The first kappa shape index (κ1) is 25.8. The van der Waals surface area contributed by atoms with Crippen LogP contribution in [0.3, 0.4) is 0 Å². The van der Waals surface area contributed by atoms with Gasteiger partial charge in [0.1, 0.15) is 17.1 Å². The Kier molecular flexibility index (Phi) is 7.14. The molecule has 0 spiro atoms. The molecule has 1 fully saturated rings. The second-order valence-corrected chi connectivity index (χ2v) is 9.31. The third-order valence-electron chi connectivity index (χ3n) is 6.87. The summed E-state index contributed by atoms with van der Waals surface area (Å²) in [6.07, 6.45) is -4.95. The molecule has 4 aromatic rings. The number of para-hydroxylation sites is 1. The van der Waals surface area contributed by atoms with Crippen molar-refractivity contribution in [3.05, 3.63) is 93.8 Å². The van der Waals surface area contributed by atoms with Gasteiger partial charge in [-0.2, -0.15) is 13.2 Å². The molecule has 1 N–H and O–H groups in total. The zero-order valence-corrected chi connectivity index (χ0v) is 20.8. The maximum atomic E-state index is 14.2. The van der Waals surface area contributed by atoms with E-state index < -0.39 is 22.9 Å². The lowest BCUT2D eigenvalue weighted by Gasteiger charge is -2.34. The van der Waals surface area contributed by atoms with Crippen LogP contribution in [-0.4, -0.2) is 48.2 Å². The third kappa shape index (κ3) is 5.12. The minimum absolute atomic E-state index is 0.0119. The maximum absolute atomic E-state index is 14.2. The van der Waals surface area contributed by atoms with Crippen LogP contribution in [0.15, 0.2) is 75.9 Å². The lowest BCUT2D eigenvalue weighted by atomic mass is 9.99. The Balaban J connectivity index is 1.50. The van der Waals surface area contributed by atoms with E-state index in [0.29, 0.717) is 13.1 Å². The highest BCUT2D eigenvalue weighted by molar-refractivity contribution is 5.87. The van der Waals surface area contributed by atoms with E-state index in [1.165, 1.54) is 43.0 Å². The van der Waals surface area contributed by atoms with Crippen LogP contribution in [0.5, 0.6) is 11.5 Å². The molecular weight excluding hydrogens is 497 g/mol. The fourth-order valence-electron chi connectivity index (χ4n) is 4.92. The average Bonchev–Trinajstić information content (AvgIpc) is 2.91. The average molecular weight is 525 g/mol. The van der Waals surface area contributed by atoms with Crippen LogP contribution in [0.1, 0.15) is 16.9 Å². The molecule has 1 saturated heterocycles. The number of piperazine rings is 1. The normalized spacial score (nSPS) is 15.2. The van der Waals surface area contributed by atoms with Crippen molar-refractivity contribution in [2.24, 2.45) is 0 Å². The zero-order chi connectivity index (χ0) is 26.9. The topological polar surface area (TPSA) is 66.2 Å². The smallest absolute Gasteiger partial charge is 0.450 e. The minimum Gasteiger partial charge on any atom is -0.507 e. The van der Waals surface area contributed by atoms with E-state index in [4.69, 9.17) is 9.15 Å². The van der Waals surface area contributed by atoms with Gasteiger partial charge in [-0.3, -0.25) is 14.6 Å². The molecule has 0 radical (unpaired) electrons. The number of benzene rings is 3. The van der Waals surface area contributed by atoms with Gasteiger partial charge in [0.05, 0.1) is 23.6 Å². The summed E-state index contributed by atoms with van der Waals surface area (Å²) in [6, 6.07) is 18.8. The van der Waals surface area contributed by atoms with Crippen molar-refractivity contribution in [1.82, 2.24) is 9.80 Å². The van der Waals surface area contributed by atoms with Gasteiger partial charge in [-0.15, -0.1) is 0 Å². The van der Waals surface area contributed by atoms with Gasteiger partial charge in [0.2, 0.25) is 11.2 Å². The number of rotatable bonds is 6. The summed E-state index contributed by atoms with van der Waals surface area (Å²) < 4.78 is 53.4. The summed E-state index contributed by atoms with van der Waals surface area (Å²) in [7, 11) is 1.32. The Morgan fingerprint density at radius 2 is 1.53 bits per heavy atom. The van der Waals surface area contributed by atoms with E-state index >= 15 is 0 Å². The summed E-state index contributed by atoms with van der Waals surface area (Å²) >= 11 is 0. The van der Waals surface area contributed by atoms with Gasteiger partial charge in [0, 0.05) is 44.8 Å². The van der Waals surface area contributed by atoms with E-state index in [-0.39, 0.29) is 40.1 Å². The number of ether oxygens (including phenoxy) is 1. The number of aromatic hydroxyl groups is 1. The summed E-state index contributed by atoms with van der Waals surface area (Å²) in [5.74, 6) is -1.51. The van der Waals surface area contributed by atoms with Gasteiger partial charge in [0.15, 0.2) is 0 Å². The van der Waals surface area contributed by atoms with Crippen LogP contribution < -0.4 is 10.2 Å². The summed E-state index contributed by atoms with van der Waals surface area (Å²) in [5.41, 5.74) is -0.353. The lowest BCUT2D eigenvalue weighted by molar-refractivity contribution is -0.152. The fourth-order valence-corrected chi connectivity index (χ4v) is 4.92. The Morgan fingerprint density at radius 1 is 0.895 bits per heavy atom. The molecule has 6 nitrogen and oxygen atoms in total. The fraction of sp³-hybridized carbons (Fsp3) is 0.276. The molecule has 0 unspecified atom stereocenters.